The van der Waals surface area contributed by atoms with Gasteiger partial charge in [-0.05, 0) is 49.4 Å². The summed E-state index contributed by atoms with van der Waals surface area (Å²) in [6, 6.07) is 22.1. The molecule has 2 heterocycles. The largest absolute Gasteiger partial charge is 0.459 e. The maximum absolute atomic E-state index is 6.93. The molecule has 0 aromatic heterocycles. The summed E-state index contributed by atoms with van der Waals surface area (Å²) >= 11 is 0. The Balaban J connectivity index is 1.57. The van der Waals surface area contributed by atoms with Crippen LogP contribution in [0.1, 0.15) is 25.8 Å². The van der Waals surface area contributed by atoms with Gasteiger partial charge in [0.2, 0.25) is 5.72 Å². The van der Waals surface area contributed by atoms with E-state index < -0.39 is 15.0 Å². The Morgan fingerprint density at radius 2 is 1.72 bits per heavy atom. The first-order valence-electron chi connectivity index (χ1n) is 11.2. The first-order chi connectivity index (χ1) is 15.5. The molecular weight excluding hydrogens is 416 g/mol. The van der Waals surface area contributed by atoms with E-state index in [0.717, 1.165) is 35.8 Å². The van der Waals surface area contributed by atoms with Crippen LogP contribution in [0.3, 0.4) is 0 Å². The van der Waals surface area contributed by atoms with Gasteiger partial charge in [0.1, 0.15) is 11.4 Å². The van der Waals surface area contributed by atoms with E-state index in [9.17, 15) is 0 Å². The number of rotatable bonds is 6. The van der Waals surface area contributed by atoms with Gasteiger partial charge in [0, 0.05) is 31.8 Å². The van der Waals surface area contributed by atoms with Crippen molar-refractivity contribution in [3.63, 3.8) is 0 Å². The molecule has 32 heavy (non-hydrogen) atoms. The average molecular weight is 447 g/mol. The summed E-state index contributed by atoms with van der Waals surface area (Å²) < 4.78 is 18.0. The Morgan fingerprint density at radius 1 is 0.969 bits per heavy atom. The molecule has 5 rings (SSSR count). The fourth-order valence-electron chi connectivity index (χ4n) is 5.19. The Hall–Kier alpha value is -2.67. The molecule has 3 aromatic rings. The highest BCUT2D eigenvalue weighted by atomic mass is 28.3. The van der Waals surface area contributed by atoms with Crippen LogP contribution in [0.2, 0.25) is 6.04 Å². The van der Waals surface area contributed by atoms with Crippen LogP contribution in [0, 0.1) is 0 Å². The number of aliphatic imine (C=N–C) groups is 1. The molecule has 0 N–H and O–H groups in total. The van der Waals surface area contributed by atoms with Crippen molar-refractivity contribution >= 4 is 37.6 Å². The summed E-state index contributed by atoms with van der Waals surface area (Å²) in [5.41, 5.74) is 2.43. The van der Waals surface area contributed by atoms with E-state index in [4.69, 9.17) is 18.6 Å². The van der Waals surface area contributed by atoms with Gasteiger partial charge in [-0.25, -0.2) is 0 Å². The number of para-hydroxylation sites is 1. The molecule has 0 fully saturated rings. The van der Waals surface area contributed by atoms with E-state index in [2.05, 4.69) is 79.4 Å². The molecule has 0 bridgehead atoms. The number of hydrogen-bond acceptors (Lipinski definition) is 5. The van der Waals surface area contributed by atoms with Crippen LogP contribution in [-0.2, 0) is 14.3 Å². The van der Waals surface area contributed by atoms with Crippen molar-refractivity contribution in [1.29, 1.82) is 0 Å². The lowest BCUT2D eigenvalue weighted by Gasteiger charge is -2.46. The van der Waals surface area contributed by atoms with Crippen LogP contribution in [0.25, 0.3) is 10.8 Å². The number of fused-ring (bicyclic) bond motifs is 4. The molecule has 1 spiro atoms. The van der Waals surface area contributed by atoms with Crippen molar-refractivity contribution in [1.82, 2.24) is 0 Å². The lowest BCUT2D eigenvalue weighted by molar-refractivity contribution is 0.0777. The zero-order valence-corrected chi connectivity index (χ0v) is 20.3. The summed E-state index contributed by atoms with van der Waals surface area (Å²) in [6.45, 7) is 5.35. The van der Waals surface area contributed by atoms with E-state index in [1.165, 1.54) is 16.6 Å². The fourth-order valence-corrected chi connectivity index (χ4v) is 6.37. The lowest BCUT2D eigenvalue weighted by Crippen LogP contribution is -2.62. The molecule has 166 valence electrons. The van der Waals surface area contributed by atoms with Gasteiger partial charge >= 0.3 is 9.28 Å². The van der Waals surface area contributed by atoms with E-state index in [0.29, 0.717) is 0 Å². The quantitative estimate of drug-likeness (QED) is 0.480. The highest BCUT2D eigenvalue weighted by Crippen LogP contribution is 2.54. The zero-order chi connectivity index (χ0) is 22.3. The van der Waals surface area contributed by atoms with E-state index in [-0.39, 0.29) is 5.41 Å². The van der Waals surface area contributed by atoms with Crippen LogP contribution in [0.4, 0.5) is 11.4 Å². The van der Waals surface area contributed by atoms with Crippen LogP contribution >= 0.6 is 0 Å². The number of benzene rings is 3. The second-order valence-electron chi connectivity index (χ2n) is 9.03. The number of ether oxygens (including phenoxy) is 1. The Morgan fingerprint density at radius 3 is 2.53 bits per heavy atom. The van der Waals surface area contributed by atoms with E-state index in [1.54, 1.807) is 14.2 Å². The second-order valence-corrected chi connectivity index (χ2v) is 11.4. The minimum atomic E-state index is -1.61. The molecule has 2 aliphatic rings. The molecule has 0 aliphatic carbocycles. The number of anilines is 1. The van der Waals surface area contributed by atoms with E-state index in [1.807, 2.05) is 6.21 Å². The predicted octanol–water partition coefficient (Wildman–Crippen LogP) is 5.33. The first kappa shape index (κ1) is 21.2. The predicted molar refractivity (Wildman–Crippen MR) is 133 cm³/mol. The third-order valence-corrected chi connectivity index (χ3v) is 8.94. The van der Waals surface area contributed by atoms with Gasteiger partial charge in [-0.15, -0.1) is 0 Å². The van der Waals surface area contributed by atoms with Crippen molar-refractivity contribution in [3.05, 3.63) is 66.2 Å². The van der Waals surface area contributed by atoms with Gasteiger partial charge in [-0.1, -0.05) is 48.5 Å². The molecule has 1 unspecified atom stereocenters. The van der Waals surface area contributed by atoms with E-state index >= 15 is 0 Å². The SMILES string of the molecule is CO[SiH](CCCN1c2ccccc2C(C)(C)C12C=Nc1c(ccc3ccccc13)O2)OC. The highest BCUT2D eigenvalue weighted by Gasteiger charge is 2.59. The summed E-state index contributed by atoms with van der Waals surface area (Å²) in [7, 11) is 1.88. The molecule has 2 aliphatic heterocycles. The Kier molecular flexibility index (Phi) is 5.32. The lowest BCUT2D eigenvalue weighted by atomic mass is 9.77. The monoisotopic (exact) mass is 446 g/mol. The van der Waals surface area contributed by atoms with Crippen LogP contribution < -0.4 is 9.64 Å². The third kappa shape index (κ3) is 3.09. The summed E-state index contributed by atoms with van der Waals surface area (Å²) in [4.78, 5) is 7.42. The molecule has 0 amide bonds. The van der Waals surface area contributed by atoms with Crippen LogP contribution in [0.5, 0.6) is 5.75 Å². The topological polar surface area (TPSA) is 43.3 Å². The van der Waals surface area contributed by atoms with Crippen molar-refractivity contribution in [3.8, 4) is 5.75 Å². The molecule has 0 saturated carbocycles. The molecule has 5 nitrogen and oxygen atoms in total. The Labute approximate surface area is 191 Å². The maximum atomic E-state index is 6.93. The van der Waals surface area contributed by atoms with Crippen molar-refractivity contribution in [2.75, 3.05) is 25.7 Å². The number of nitrogens with zero attached hydrogens (tertiary/aromatic N) is 2. The van der Waals surface area contributed by atoms with Crippen molar-refractivity contribution < 1.29 is 13.6 Å². The fraction of sp³-hybridized carbons (Fsp3) is 0.346. The van der Waals surface area contributed by atoms with Gasteiger partial charge in [0.15, 0.2) is 0 Å². The maximum Gasteiger partial charge on any atom is 0.320 e. The summed E-state index contributed by atoms with van der Waals surface area (Å²) in [6.07, 6.45) is 3.00. The minimum Gasteiger partial charge on any atom is -0.459 e. The molecular formula is C26H30N2O3Si. The first-order valence-corrected chi connectivity index (χ1v) is 13.0. The zero-order valence-electron chi connectivity index (χ0n) is 19.2. The third-order valence-electron chi connectivity index (χ3n) is 7.01. The van der Waals surface area contributed by atoms with Gasteiger partial charge in [0.05, 0.1) is 11.6 Å². The van der Waals surface area contributed by atoms with Gasteiger partial charge in [-0.2, -0.15) is 0 Å². The molecule has 3 aromatic carbocycles. The van der Waals surface area contributed by atoms with Gasteiger partial charge in [-0.3, -0.25) is 4.99 Å². The second kappa shape index (κ2) is 8.03. The van der Waals surface area contributed by atoms with Gasteiger partial charge < -0.3 is 18.5 Å². The van der Waals surface area contributed by atoms with Crippen LogP contribution in [-0.4, -0.2) is 42.0 Å². The minimum absolute atomic E-state index is 0.282. The van der Waals surface area contributed by atoms with Crippen molar-refractivity contribution in [2.24, 2.45) is 4.99 Å². The summed E-state index contributed by atoms with van der Waals surface area (Å²) in [5, 5.41) is 2.29. The smallest absolute Gasteiger partial charge is 0.320 e. The Bertz CT molecular complexity index is 1170. The highest BCUT2D eigenvalue weighted by molar-refractivity contribution is 6.44. The van der Waals surface area contributed by atoms with Crippen molar-refractivity contribution in [2.45, 2.75) is 37.5 Å². The molecule has 0 saturated heterocycles. The molecule has 0 radical (unpaired) electrons. The molecule has 6 heteroatoms. The number of hydrogen-bond donors (Lipinski definition) is 0. The van der Waals surface area contributed by atoms with Gasteiger partial charge in [0.25, 0.3) is 0 Å². The van der Waals surface area contributed by atoms with Crippen LogP contribution in [0.15, 0.2) is 65.7 Å². The summed E-state index contributed by atoms with van der Waals surface area (Å²) in [5.74, 6) is 0.832. The standard InChI is InChI=1S/C26H30N2O3Si/c1-25(2)21-12-7-8-13-22(21)28(16-9-17-32(29-3)30-4)26(25)18-27-24-20-11-6-5-10-19(20)14-15-23(24)31-26/h5-8,10-15,18,32H,9,16-17H2,1-4H3. The normalized spacial score (nSPS) is 20.6. The molecule has 1 atom stereocenters. The average Bonchev–Trinajstić information content (AvgIpc) is 3.00.